The maximum Gasteiger partial charge on any atom is 0.229 e. The lowest BCUT2D eigenvalue weighted by atomic mass is 9.86. The van der Waals surface area contributed by atoms with Gasteiger partial charge in [0, 0.05) is 22.4 Å². The monoisotopic (exact) mass is 459 g/mol. The predicted molar refractivity (Wildman–Crippen MR) is 121 cm³/mol. The molecule has 2 heterocycles. The second-order valence-electron chi connectivity index (χ2n) is 6.90. The van der Waals surface area contributed by atoms with Crippen LogP contribution in [0.1, 0.15) is 24.8 Å². The number of nitriles is 1. The van der Waals surface area contributed by atoms with E-state index in [4.69, 9.17) is 27.9 Å². The van der Waals surface area contributed by atoms with Gasteiger partial charge in [0.05, 0.1) is 41.5 Å². The highest BCUT2D eigenvalue weighted by molar-refractivity contribution is 8.03. The number of hydrogen-bond donors (Lipinski definition) is 0. The maximum absolute atomic E-state index is 13.1. The largest absolute Gasteiger partial charge is 0.492 e. The summed E-state index contributed by atoms with van der Waals surface area (Å²) in [6, 6.07) is 15.3. The molecule has 1 amide bonds. The number of benzene rings is 2. The highest BCUT2D eigenvalue weighted by Gasteiger charge is 2.40. The van der Waals surface area contributed by atoms with Crippen molar-refractivity contribution in [2.45, 2.75) is 19.3 Å². The Hall–Kier alpha value is -2.33. The van der Waals surface area contributed by atoms with E-state index in [1.807, 2.05) is 31.2 Å². The normalized spacial score (nSPS) is 18.9. The standard InChI is InChI=1S/C22H19Cl2N3O2S/c1-2-29-19-9-4-3-8-18(19)26-12-27-20(28)10-14(15(11-25)22(27)30-13-26)21-16(23)6-5-7-17(21)24/h3-9,14H,2,10,12-13H2,1H3/t14-/m0/s1. The number of rotatable bonds is 4. The van der Waals surface area contributed by atoms with Gasteiger partial charge in [-0.1, -0.05) is 53.2 Å². The van der Waals surface area contributed by atoms with E-state index >= 15 is 0 Å². The van der Waals surface area contributed by atoms with Crippen molar-refractivity contribution < 1.29 is 9.53 Å². The van der Waals surface area contributed by atoms with Crippen LogP contribution in [0.4, 0.5) is 5.69 Å². The summed E-state index contributed by atoms with van der Waals surface area (Å²) in [4.78, 5) is 16.9. The molecular formula is C22H19Cl2N3O2S. The Balaban J connectivity index is 1.70. The van der Waals surface area contributed by atoms with Gasteiger partial charge >= 0.3 is 0 Å². The lowest BCUT2D eigenvalue weighted by Gasteiger charge is -2.42. The average molecular weight is 460 g/mol. The summed E-state index contributed by atoms with van der Waals surface area (Å²) in [5.74, 6) is 0.872. The van der Waals surface area contributed by atoms with Gasteiger partial charge in [-0.3, -0.25) is 9.69 Å². The molecule has 0 aliphatic carbocycles. The van der Waals surface area contributed by atoms with Crippen LogP contribution in [0.3, 0.4) is 0 Å². The second-order valence-corrected chi connectivity index (χ2v) is 8.65. The summed E-state index contributed by atoms with van der Waals surface area (Å²) in [5, 5.41) is 11.6. The Labute approximate surface area is 189 Å². The molecule has 0 radical (unpaired) electrons. The van der Waals surface area contributed by atoms with Gasteiger partial charge < -0.3 is 9.64 Å². The minimum Gasteiger partial charge on any atom is -0.492 e. The van der Waals surface area contributed by atoms with Crippen molar-refractivity contribution in [1.29, 1.82) is 5.26 Å². The summed E-state index contributed by atoms with van der Waals surface area (Å²) in [6.45, 7) is 2.86. The van der Waals surface area contributed by atoms with Gasteiger partial charge in [-0.15, -0.1) is 0 Å². The van der Waals surface area contributed by atoms with E-state index in [-0.39, 0.29) is 12.3 Å². The first-order chi connectivity index (χ1) is 14.5. The first-order valence-electron chi connectivity index (χ1n) is 9.53. The number of nitrogens with zero attached hydrogens (tertiary/aromatic N) is 3. The number of amides is 1. The van der Waals surface area contributed by atoms with Gasteiger partial charge in [0.2, 0.25) is 5.91 Å². The smallest absolute Gasteiger partial charge is 0.229 e. The van der Waals surface area contributed by atoms with Gasteiger partial charge in [0.15, 0.2) is 0 Å². The molecular weight excluding hydrogens is 441 g/mol. The van der Waals surface area contributed by atoms with E-state index < -0.39 is 5.92 Å². The third kappa shape index (κ3) is 3.74. The lowest BCUT2D eigenvalue weighted by Crippen LogP contribution is -2.47. The van der Waals surface area contributed by atoms with Crippen molar-refractivity contribution in [2.24, 2.45) is 0 Å². The number of para-hydroxylation sites is 2. The van der Waals surface area contributed by atoms with Gasteiger partial charge in [0.1, 0.15) is 5.75 Å². The highest BCUT2D eigenvalue weighted by Crippen LogP contribution is 2.47. The third-order valence-electron chi connectivity index (χ3n) is 5.15. The molecule has 30 heavy (non-hydrogen) atoms. The van der Waals surface area contributed by atoms with Crippen LogP contribution in [0.2, 0.25) is 10.0 Å². The van der Waals surface area contributed by atoms with Crippen LogP contribution in [-0.4, -0.2) is 30.0 Å². The third-order valence-corrected chi connectivity index (χ3v) is 6.96. The van der Waals surface area contributed by atoms with Crippen LogP contribution in [-0.2, 0) is 4.79 Å². The highest BCUT2D eigenvalue weighted by atomic mass is 35.5. The number of allylic oxidation sites excluding steroid dienone is 1. The number of hydrogen-bond acceptors (Lipinski definition) is 5. The predicted octanol–water partition coefficient (Wildman–Crippen LogP) is 5.61. The zero-order valence-electron chi connectivity index (χ0n) is 16.3. The van der Waals surface area contributed by atoms with E-state index in [2.05, 4.69) is 11.0 Å². The first-order valence-corrected chi connectivity index (χ1v) is 11.3. The van der Waals surface area contributed by atoms with Crippen LogP contribution in [0.5, 0.6) is 5.75 Å². The Morgan fingerprint density at radius 1 is 1.20 bits per heavy atom. The molecule has 4 rings (SSSR count). The summed E-state index contributed by atoms with van der Waals surface area (Å²) < 4.78 is 5.75. The van der Waals surface area contributed by atoms with Crippen molar-refractivity contribution >= 4 is 46.6 Å². The lowest BCUT2D eigenvalue weighted by molar-refractivity contribution is -0.129. The number of carbonyl (C=O) groups excluding carboxylic acids is 1. The number of fused-ring (bicyclic) bond motifs is 1. The van der Waals surface area contributed by atoms with Crippen LogP contribution in [0, 0.1) is 11.3 Å². The molecule has 0 unspecified atom stereocenters. The number of carbonyl (C=O) groups is 1. The summed E-state index contributed by atoms with van der Waals surface area (Å²) in [6.07, 6.45) is 0.150. The van der Waals surface area contributed by atoms with E-state index in [1.54, 1.807) is 23.1 Å². The van der Waals surface area contributed by atoms with Crippen molar-refractivity contribution in [2.75, 3.05) is 24.1 Å². The zero-order chi connectivity index (χ0) is 21.3. The molecule has 2 aromatic carbocycles. The molecule has 0 N–H and O–H groups in total. The van der Waals surface area contributed by atoms with Crippen molar-refractivity contribution in [1.82, 2.24) is 4.90 Å². The number of ether oxygens (including phenoxy) is 1. The molecule has 0 bridgehead atoms. The summed E-state index contributed by atoms with van der Waals surface area (Å²) in [7, 11) is 0. The summed E-state index contributed by atoms with van der Waals surface area (Å²) in [5.41, 5.74) is 2.10. The molecule has 0 saturated carbocycles. The Morgan fingerprint density at radius 2 is 1.93 bits per heavy atom. The molecule has 8 heteroatoms. The van der Waals surface area contributed by atoms with E-state index in [0.717, 1.165) is 11.4 Å². The van der Waals surface area contributed by atoms with Gasteiger partial charge in [0.25, 0.3) is 0 Å². The molecule has 154 valence electrons. The fourth-order valence-electron chi connectivity index (χ4n) is 3.80. The maximum atomic E-state index is 13.1. The fraction of sp³-hybridized carbons (Fsp3) is 0.273. The molecule has 1 atom stereocenters. The molecule has 2 aliphatic rings. The van der Waals surface area contributed by atoms with Crippen LogP contribution < -0.4 is 9.64 Å². The van der Waals surface area contributed by atoms with E-state index in [9.17, 15) is 10.1 Å². The van der Waals surface area contributed by atoms with E-state index in [0.29, 0.717) is 45.4 Å². The van der Waals surface area contributed by atoms with Gasteiger partial charge in [-0.25, -0.2) is 0 Å². The molecule has 1 saturated heterocycles. The molecule has 1 fully saturated rings. The van der Waals surface area contributed by atoms with Crippen molar-refractivity contribution in [3.8, 4) is 11.8 Å². The Kier molecular flexibility index (Phi) is 6.14. The average Bonchev–Trinajstić information content (AvgIpc) is 2.74. The topological polar surface area (TPSA) is 56.6 Å². The zero-order valence-corrected chi connectivity index (χ0v) is 18.6. The van der Waals surface area contributed by atoms with Crippen molar-refractivity contribution in [3.05, 3.63) is 68.7 Å². The van der Waals surface area contributed by atoms with E-state index in [1.165, 1.54) is 11.8 Å². The SMILES string of the molecule is CCOc1ccccc1N1CSC2=C(C#N)[C@@H](c3c(Cl)cccc3Cl)CC(=O)N2C1. The number of thioether (sulfide) groups is 1. The molecule has 5 nitrogen and oxygen atoms in total. The second kappa shape index (κ2) is 8.81. The van der Waals surface area contributed by atoms with Crippen LogP contribution in [0.25, 0.3) is 0 Å². The number of anilines is 1. The van der Waals surface area contributed by atoms with Gasteiger partial charge in [-0.05, 0) is 36.8 Å². The minimum absolute atomic E-state index is 0.0592. The van der Waals surface area contributed by atoms with Crippen LogP contribution in [0.15, 0.2) is 53.1 Å². The first kappa shape index (κ1) is 20.9. The van der Waals surface area contributed by atoms with Crippen molar-refractivity contribution in [3.63, 3.8) is 0 Å². The molecule has 2 aliphatic heterocycles. The summed E-state index contributed by atoms with van der Waals surface area (Å²) >= 11 is 14.2. The number of halogens is 2. The van der Waals surface area contributed by atoms with Gasteiger partial charge in [-0.2, -0.15) is 5.26 Å². The minimum atomic E-state index is -0.440. The van der Waals surface area contributed by atoms with Crippen LogP contribution >= 0.6 is 35.0 Å². The quantitative estimate of drug-likeness (QED) is 0.594. The molecule has 0 aromatic heterocycles. The fourth-order valence-corrected chi connectivity index (χ4v) is 5.62. The Morgan fingerprint density at radius 3 is 2.63 bits per heavy atom. The molecule has 2 aromatic rings. The molecule has 0 spiro atoms. The Bertz CT molecular complexity index is 1050.